The lowest BCUT2D eigenvalue weighted by Crippen LogP contribution is -2.38. The van der Waals surface area contributed by atoms with Crippen molar-refractivity contribution in [3.63, 3.8) is 0 Å². The number of methoxy groups -OCH3 is 1. The van der Waals surface area contributed by atoms with Crippen LogP contribution in [-0.2, 0) is 19.1 Å². The number of rotatable bonds is 10. The third kappa shape index (κ3) is 8.37. The summed E-state index contributed by atoms with van der Waals surface area (Å²) in [6.45, 7) is 2.47. The molecular weight excluding hydrogens is 436 g/mol. The normalized spacial score (nSPS) is 10.6. The van der Waals surface area contributed by atoms with E-state index in [1.165, 1.54) is 6.21 Å². The fourth-order valence-electron chi connectivity index (χ4n) is 2.44. The molecule has 9 nitrogen and oxygen atoms in total. The van der Waals surface area contributed by atoms with Crippen molar-refractivity contribution in [1.82, 2.24) is 10.7 Å². The molecular formula is C22H25ClN4O5. The van der Waals surface area contributed by atoms with Crippen LogP contribution in [-0.4, -0.2) is 50.8 Å². The first kappa shape index (κ1) is 24.8. The van der Waals surface area contributed by atoms with Crippen molar-refractivity contribution in [3.05, 3.63) is 58.6 Å². The van der Waals surface area contributed by atoms with Crippen LogP contribution in [0.3, 0.4) is 0 Å². The van der Waals surface area contributed by atoms with Gasteiger partial charge in [0.25, 0.3) is 5.91 Å². The van der Waals surface area contributed by atoms with Gasteiger partial charge in [0, 0.05) is 31.0 Å². The Balaban J connectivity index is 1.75. The van der Waals surface area contributed by atoms with Gasteiger partial charge in [-0.3, -0.25) is 14.4 Å². The van der Waals surface area contributed by atoms with Crippen LogP contribution in [0.15, 0.2) is 47.6 Å². The molecule has 0 saturated heterocycles. The summed E-state index contributed by atoms with van der Waals surface area (Å²) in [6, 6.07) is 12.0. The minimum atomic E-state index is -0.862. The van der Waals surface area contributed by atoms with E-state index in [4.69, 9.17) is 21.1 Å². The summed E-state index contributed by atoms with van der Waals surface area (Å²) in [5.74, 6) is -1.46. The summed E-state index contributed by atoms with van der Waals surface area (Å²) < 4.78 is 10.3. The molecule has 10 heteroatoms. The van der Waals surface area contributed by atoms with Gasteiger partial charge in [-0.15, -0.1) is 0 Å². The van der Waals surface area contributed by atoms with Gasteiger partial charge in [-0.25, -0.2) is 5.43 Å². The molecule has 0 aliphatic rings. The Morgan fingerprint density at radius 1 is 1.09 bits per heavy atom. The SMILES string of the molecule is COCCCNC(=O)C(=O)N/N=C\c1ccc(OCC(=O)Nc2cccc(Cl)c2C)cc1. The lowest BCUT2D eigenvalue weighted by atomic mass is 10.2. The van der Waals surface area contributed by atoms with Crippen LogP contribution in [0.5, 0.6) is 5.75 Å². The molecule has 0 aromatic heterocycles. The molecule has 2 rings (SSSR count). The summed E-state index contributed by atoms with van der Waals surface area (Å²) in [7, 11) is 1.56. The molecule has 3 amide bonds. The second kappa shape index (κ2) is 13.1. The van der Waals surface area contributed by atoms with Gasteiger partial charge >= 0.3 is 11.8 Å². The maximum Gasteiger partial charge on any atom is 0.329 e. The van der Waals surface area contributed by atoms with E-state index in [1.807, 2.05) is 6.92 Å². The first-order valence-corrected chi connectivity index (χ1v) is 10.2. The first-order chi connectivity index (χ1) is 15.4. The van der Waals surface area contributed by atoms with E-state index in [0.29, 0.717) is 41.6 Å². The third-order valence-electron chi connectivity index (χ3n) is 4.19. The summed E-state index contributed by atoms with van der Waals surface area (Å²) in [5.41, 5.74) is 4.22. The fraction of sp³-hybridized carbons (Fsp3) is 0.273. The molecule has 0 unspecified atom stereocenters. The Bertz CT molecular complexity index is 963. The number of carbonyl (C=O) groups is 3. The maximum absolute atomic E-state index is 12.1. The molecule has 0 saturated carbocycles. The molecule has 0 radical (unpaired) electrons. The summed E-state index contributed by atoms with van der Waals surface area (Å²) in [6.07, 6.45) is 1.99. The van der Waals surface area contributed by atoms with E-state index in [2.05, 4.69) is 21.2 Å². The Morgan fingerprint density at radius 3 is 2.56 bits per heavy atom. The minimum absolute atomic E-state index is 0.172. The number of hydrogen-bond donors (Lipinski definition) is 3. The van der Waals surface area contributed by atoms with Crippen LogP contribution in [0.2, 0.25) is 5.02 Å². The molecule has 0 heterocycles. The number of anilines is 1. The molecule has 0 fully saturated rings. The first-order valence-electron chi connectivity index (χ1n) is 9.78. The van der Waals surface area contributed by atoms with Crippen molar-refractivity contribution in [3.8, 4) is 5.75 Å². The molecule has 32 heavy (non-hydrogen) atoms. The molecule has 0 atom stereocenters. The standard InChI is InChI=1S/C22H25ClN4O5/c1-15-18(23)5-3-6-19(15)26-20(28)14-32-17-9-7-16(8-10-17)13-25-27-22(30)21(29)24-11-4-12-31-2/h3,5-10,13H,4,11-12,14H2,1-2H3,(H,24,29)(H,26,28)(H,27,30)/b25-13-. The van der Waals surface area contributed by atoms with Crippen molar-refractivity contribution in [2.24, 2.45) is 5.10 Å². The summed E-state index contributed by atoms with van der Waals surface area (Å²) in [5, 5.41) is 9.52. The van der Waals surface area contributed by atoms with Gasteiger partial charge in [0.05, 0.1) is 6.21 Å². The highest BCUT2D eigenvalue weighted by atomic mass is 35.5. The Hall–Kier alpha value is -3.43. The predicted molar refractivity (Wildman–Crippen MR) is 122 cm³/mol. The second-order valence-electron chi connectivity index (χ2n) is 6.62. The number of hydrogen-bond acceptors (Lipinski definition) is 6. The minimum Gasteiger partial charge on any atom is -0.484 e. The molecule has 0 aliphatic carbocycles. The highest BCUT2D eigenvalue weighted by Gasteiger charge is 2.11. The van der Waals surface area contributed by atoms with E-state index in [-0.39, 0.29) is 12.5 Å². The van der Waals surface area contributed by atoms with Crippen LogP contribution >= 0.6 is 11.6 Å². The lowest BCUT2D eigenvalue weighted by molar-refractivity contribution is -0.139. The molecule has 0 aliphatic heterocycles. The third-order valence-corrected chi connectivity index (χ3v) is 4.60. The van der Waals surface area contributed by atoms with Gasteiger partial charge in [0.15, 0.2) is 6.61 Å². The Kier molecular flexibility index (Phi) is 10.2. The van der Waals surface area contributed by atoms with Crippen LogP contribution in [0, 0.1) is 6.92 Å². The number of carbonyl (C=O) groups excluding carboxylic acids is 3. The topological polar surface area (TPSA) is 118 Å². The predicted octanol–water partition coefficient (Wildman–Crippen LogP) is 2.27. The Morgan fingerprint density at radius 2 is 1.84 bits per heavy atom. The number of ether oxygens (including phenoxy) is 2. The zero-order valence-electron chi connectivity index (χ0n) is 17.8. The van der Waals surface area contributed by atoms with Crippen molar-refractivity contribution in [1.29, 1.82) is 0 Å². The number of hydrazone groups is 1. The second-order valence-corrected chi connectivity index (χ2v) is 7.03. The van der Waals surface area contributed by atoms with E-state index in [1.54, 1.807) is 49.6 Å². The summed E-state index contributed by atoms with van der Waals surface area (Å²) >= 11 is 6.04. The van der Waals surface area contributed by atoms with Gasteiger partial charge in [0.1, 0.15) is 5.75 Å². The monoisotopic (exact) mass is 460 g/mol. The fourth-order valence-corrected chi connectivity index (χ4v) is 2.62. The molecule has 3 N–H and O–H groups in total. The van der Waals surface area contributed by atoms with Crippen molar-refractivity contribution >= 4 is 41.2 Å². The van der Waals surface area contributed by atoms with E-state index >= 15 is 0 Å². The zero-order valence-corrected chi connectivity index (χ0v) is 18.6. The van der Waals surface area contributed by atoms with E-state index in [0.717, 1.165) is 5.56 Å². The van der Waals surface area contributed by atoms with Crippen LogP contribution < -0.4 is 20.8 Å². The van der Waals surface area contributed by atoms with Gasteiger partial charge in [-0.05, 0) is 60.9 Å². The van der Waals surface area contributed by atoms with Gasteiger partial charge in [-0.2, -0.15) is 5.10 Å². The van der Waals surface area contributed by atoms with Crippen molar-refractivity contribution < 1.29 is 23.9 Å². The summed E-state index contributed by atoms with van der Waals surface area (Å²) in [4.78, 5) is 35.3. The van der Waals surface area contributed by atoms with Gasteiger partial charge in [-0.1, -0.05) is 17.7 Å². The number of halogens is 1. The molecule has 0 spiro atoms. The molecule has 170 valence electrons. The van der Waals surface area contributed by atoms with Gasteiger partial charge in [0.2, 0.25) is 0 Å². The average Bonchev–Trinajstić information content (AvgIpc) is 2.79. The number of nitrogens with zero attached hydrogens (tertiary/aromatic N) is 1. The van der Waals surface area contributed by atoms with Crippen LogP contribution in [0.25, 0.3) is 0 Å². The number of benzene rings is 2. The smallest absolute Gasteiger partial charge is 0.329 e. The van der Waals surface area contributed by atoms with Crippen LogP contribution in [0.4, 0.5) is 5.69 Å². The zero-order chi connectivity index (χ0) is 23.3. The highest BCUT2D eigenvalue weighted by molar-refractivity contribution is 6.35. The maximum atomic E-state index is 12.1. The highest BCUT2D eigenvalue weighted by Crippen LogP contribution is 2.22. The quantitative estimate of drug-likeness (QED) is 0.217. The molecule has 2 aromatic carbocycles. The van der Waals surface area contributed by atoms with Crippen molar-refractivity contribution in [2.75, 3.05) is 32.2 Å². The lowest BCUT2D eigenvalue weighted by Gasteiger charge is -2.10. The molecule has 0 bridgehead atoms. The van der Waals surface area contributed by atoms with E-state index in [9.17, 15) is 14.4 Å². The Labute approximate surface area is 191 Å². The van der Waals surface area contributed by atoms with Crippen molar-refractivity contribution in [2.45, 2.75) is 13.3 Å². The van der Waals surface area contributed by atoms with Gasteiger partial charge < -0.3 is 20.1 Å². The number of nitrogens with one attached hydrogen (secondary N) is 3. The largest absolute Gasteiger partial charge is 0.484 e. The average molecular weight is 461 g/mol. The number of amides is 3. The molecule has 2 aromatic rings. The van der Waals surface area contributed by atoms with E-state index < -0.39 is 11.8 Å². The van der Waals surface area contributed by atoms with Crippen LogP contribution in [0.1, 0.15) is 17.5 Å².